The summed E-state index contributed by atoms with van der Waals surface area (Å²) in [5.74, 6) is -0.322. The second-order valence-electron chi connectivity index (χ2n) is 7.66. The van der Waals surface area contributed by atoms with Crippen LogP contribution < -0.4 is 5.32 Å². The molecule has 0 amide bonds. The van der Waals surface area contributed by atoms with Crippen LogP contribution in [-0.4, -0.2) is 34.1 Å². The minimum atomic E-state index is -0.718. The third-order valence-electron chi connectivity index (χ3n) is 5.01. The van der Waals surface area contributed by atoms with Crippen molar-refractivity contribution in [2.24, 2.45) is 17.8 Å². The summed E-state index contributed by atoms with van der Waals surface area (Å²) in [7, 11) is 0. The predicted octanol–water partition coefficient (Wildman–Crippen LogP) is 3.19. The molecule has 2 aromatic rings. The molecule has 1 saturated heterocycles. The van der Waals surface area contributed by atoms with Crippen LogP contribution in [0.4, 0.5) is 0 Å². The Hall–Kier alpha value is -2.27. The van der Waals surface area contributed by atoms with Gasteiger partial charge in [-0.15, -0.1) is 0 Å². The van der Waals surface area contributed by atoms with Crippen LogP contribution in [0.25, 0.3) is 11.1 Å². The summed E-state index contributed by atoms with van der Waals surface area (Å²) < 4.78 is 0. The van der Waals surface area contributed by atoms with Crippen LogP contribution in [0.3, 0.4) is 0 Å². The molecule has 5 heteroatoms. The van der Waals surface area contributed by atoms with E-state index in [1.54, 1.807) is 6.20 Å². The van der Waals surface area contributed by atoms with Crippen LogP contribution in [0, 0.1) is 17.8 Å². The fraction of sp³-hybridized carbons (Fsp3) is 0.476. The van der Waals surface area contributed by atoms with Gasteiger partial charge in [0.05, 0.1) is 5.92 Å². The number of hydrogen-bond donors (Lipinski definition) is 2. The summed E-state index contributed by atoms with van der Waals surface area (Å²) in [5, 5.41) is 12.9. The van der Waals surface area contributed by atoms with Crippen LogP contribution in [0.1, 0.15) is 31.4 Å². The number of pyridine rings is 2. The van der Waals surface area contributed by atoms with Gasteiger partial charge in [0.15, 0.2) is 0 Å². The van der Waals surface area contributed by atoms with Crippen LogP contribution in [-0.2, 0) is 17.6 Å². The second-order valence-corrected chi connectivity index (χ2v) is 7.66. The maximum atomic E-state index is 11.7. The van der Waals surface area contributed by atoms with Crippen LogP contribution in [0.5, 0.6) is 0 Å². The van der Waals surface area contributed by atoms with Crippen molar-refractivity contribution < 1.29 is 9.90 Å². The number of aromatic nitrogens is 2. The lowest BCUT2D eigenvalue weighted by atomic mass is 9.86. The van der Waals surface area contributed by atoms with Gasteiger partial charge in [0.2, 0.25) is 0 Å². The molecule has 1 aliphatic heterocycles. The Morgan fingerprint density at radius 1 is 1.12 bits per heavy atom. The van der Waals surface area contributed by atoms with E-state index in [4.69, 9.17) is 0 Å². The lowest BCUT2D eigenvalue weighted by Crippen LogP contribution is -2.27. The quantitative estimate of drug-likeness (QED) is 0.799. The number of aliphatic carboxylic acids is 1. The van der Waals surface area contributed by atoms with Gasteiger partial charge in [-0.1, -0.05) is 13.8 Å². The molecule has 5 nitrogen and oxygen atoms in total. The fourth-order valence-corrected chi connectivity index (χ4v) is 3.72. The topological polar surface area (TPSA) is 75.1 Å². The summed E-state index contributed by atoms with van der Waals surface area (Å²) in [6.07, 6.45) is 9.80. The van der Waals surface area contributed by atoms with E-state index >= 15 is 0 Å². The van der Waals surface area contributed by atoms with E-state index < -0.39 is 5.97 Å². The van der Waals surface area contributed by atoms with Gasteiger partial charge in [0, 0.05) is 35.9 Å². The van der Waals surface area contributed by atoms with Gasteiger partial charge in [0.1, 0.15) is 0 Å². The molecular weight excluding hydrogens is 326 g/mol. The molecule has 138 valence electrons. The molecular formula is C21H27N3O2. The number of nitrogens with zero attached hydrogens (tertiary/aromatic N) is 2. The standard InChI is InChI=1S/C21H27N3O2/c1-14(2)5-15-6-18(12-23-9-15)19-7-16(10-24-13-19)8-20(21(25)26)17-3-4-22-11-17/h6-7,9-10,12-14,17,20,22H,3-5,8,11H2,1-2H3,(H,25,26). The normalized spacial score (nSPS) is 18.2. The van der Waals surface area contributed by atoms with Gasteiger partial charge in [-0.2, -0.15) is 0 Å². The van der Waals surface area contributed by atoms with Gasteiger partial charge >= 0.3 is 5.97 Å². The molecule has 1 aliphatic rings. The largest absolute Gasteiger partial charge is 0.481 e. The molecule has 0 bridgehead atoms. The first kappa shape index (κ1) is 18.5. The highest BCUT2D eigenvalue weighted by molar-refractivity contribution is 5.71. The fourth-order valence-electron chi connectivity index (χ4n) is 3.72. The van der Waals surface area contributed by atoms with Crippen molar-refractivity contribution >= 4 is 5.97 Å². The maximum Gasteiger partial charge on any atom is 0.307 e. The number of nitrogens with one attached hydrogen (secondary N) is 1. The first-order valence-corrected chi connectivity index (χ1v) is 9.34. The van der Waals surface area contributed by atoms with Crippen molar-refractivity contribution in [1.29, 1.82) is 0 Å². The van der Waals surface area contributed by atoms with Crippen LogP contribution >= 0.6 is 0 Å². The Labute approximate surface area is 154 Å². The Morgan fingerprint density at radius 3 is 2.23 bits per heavy atom. The minimum absolute atomic E-state index is 0.187. The number of carbonyl (C=O) groups is 1. The molecule has 26 heavy (non-hydrogen) atoms. The van der Waals surface area contributed by atoms with E-state index in [9.17, 15) is 9.90 Å². The summed E-state index contributed by atoms with van der Waals surface area (Å²) in [5.41, 5.74) is 4.21. The summed E-state index contributed by atoms with van der Waals surface area (Å²) >= 11 is 0. The molecule has 0 aromatic carbocycles. The number of carboxylic acids is 1. The monoisotopic (exact) mass is 353 g/mol. The minimum Gasteiger partial charge on any atom is -0.481 e. The Morgan fingerprint density at radius 2 is 1.73 bits per heavy atom. The van der Waals surface area contributed by atoms with Crippen molar-refractivity contribution in [2.75, 3.05) is 13.1 Å². The number of carboxylic acid groups (broad SMARTS) is 1. The van der Waals surface area contributed by atoms with Gasteiger partial charge in [-0.25, -0.2) is 0 Å². The van der Waals surface area contributed by atoms with E-state index in [-0.39, 0.29) is 11.8 Å². The van der Waals surface area contributed by atoms with Gasteiger partial charge in [0.25, 0.3) is 0 Å². The summed E-state index contributed by atoms with van der Waals surface area (Å²) in [6.45, 7) is 6.07. The van der Waals surface area contributed by atoms with Crippen LogP contribution in [0.2, 0.25) is 0 Å². The first-order valence-electron chi connectivity index (χ1n) is 9.34. The zero-order valence-electron chi connectivity index (χ0n) is 15.5. The average molecular weight is 353 g/mol. The Kier molecular flexibility index (Phi) is 5.99. The van der Waals surface area contributed by atoms with Crippen molar-refractivity contribution in [3.8, 4) is 11.1 Å². The molecule has 1 fully saturated rings. The zero-order valence-corrected chi connectivity index (χ0v) is 15.5. The lowest BCUT2D eigenvalue weighted by molar-refractivity contribution is -0.143. The highest BCUT2D eigenvalue weighted by Crippen LogP contribution is 2.26. The number of rotatable bonds is 7. The third-order valence-corrected chi connectivity index (χ3v) is 5.01. The Bertz CT molecular complexity index is 754. The van der Waals surface area contributed by atoms with Crippen molar-refractivity contribution in [3.05, 3.63) is 48.0 Å². The lowest BCUT2D eigenvalue weighted by Gasteiger charge is -2.18. The maximum absolute atomic E-state index is 11.7. The van der Waals surface area contributed by atoms with Gasteiger partial charge in [-0.05, 0) is 67.4 Å². The molecule has 2 aromatic heterocycles. The van der Waals surface area contributed by atoms with Gasteiger partial charge in [-0.3, -0.25) is 14.8 Å². The van der Waals surface area contributed by atoms with E-state index in [2.05, 4.69) is 41.3 Å². The average Bonchev–Trinajstić information content (AvgIpc) is 3.13. The van der Waals surface area contributed by atoms with Crippen molar-refractivity contribution in [1.82, 2.24) is 15.3 Å². The molecule has 2 N–H and O–H groups in total. The van der Waals surface area contributed by atoms with Crippen LogP contribution in [0.15, 0.2) is 36.9 Å². The molecule has 0 aliphatic carbocycles. The highest BCUT2D eigenvalue weighted by Gasteiger charge is 2.30. The van der Waals surface area contributed by atoms with E-state index in [0.29, 0.717) is 12.3 Å². The second kappa shape index (κ2) is 8.41. The van der Waals surface area contributed by atoms with E-state index in [1.165, 1.54) is 5.56 Å². The highest BCUT2D eigenvalue weighted by atomic mass is 16.4. The van der Waals surface area contributed by atoms with Crippen molar-refractivity contribution in [3.63, 3.8) is 0 Å². The Balaban J connectivity index is 1.80. The summed E-state index contributed by atoms with van der Waals surface area (Å²) in [4.78, 5) is 20.5. The zero-order chi connectivity index (χ0) is 18.5. The molecule has 0 radical (unpaired) electrons. The van der Waals surface area contributed by atoms with E-state index in [1.807, 2.05) is 18.6 Å². The summed E-state index contributed by atoms with van der Waals surface area (Å²) in [6, 6.07) is 4.21. The van der Waals surface area contributed by atoms with Crippen molar-refractivity contribution in [2.45, 2.75) is 33.1 Å². The molecule has 3 rings (SSSR count). The molecule has 2 unspecified atom stereocenters. The van der Waals surface area contributed by atoms with E-state index in [0.717, 1.165) is 42.6 Å². The smallest absolute Gasteiger partial charge is 0.307 e. The molecule has 3 heterocycles. The molecule has 0 spiro atoms. The third kappa shape index (κ3) is 4.67. The number of hydrogen-bond acceptors (Lipinski definition) is 4. The predicted molar refractivity (Wildman–Crippen MR) is 102 cm³/mol. The molecule has 2 atom stereocenters. The SMILES string of the molecule is CC(C)Cc1cncc(-c2cncc(CC(C(=O)O)C3CCNC3)c2)c1. The van der Waals surface area contributed by atoms with Gasteiger partial charge < -0.3 is 10.4 Å². The molecule has 0 saturated carbocycles. The first-order chi connectivity index (χ1) is 12.5.